The zero-order valence-electron chi connectivity index (χ0n) is 13.0. The average Bonchev–Trinajstić information content (AvgIpc) is 3.22. The van der Waals surface area contributed by atoms with Crippen molar-refractivity contribution in [1.29, 1.82) is 0 Å². The molecular formula is C17H18ClN3O2S. The van der Waals surface area contributed by atoms with Crippen molar-refractivity contribution in [3.05, 3.63) is 47.4 Å². The van der Waals surface area contributed by atoms with E-state index in [0.29, 0.717) is 16.7 Å². The van der Waals surface area contributed by atoms with E-state index in [0.717, 1.165) is 19.4 Å². The monoisotopic (exact) mass is 363 g/mol. The molecule has 3 aromatic rings. The van der Waals surface area contributed by atoms with E-state index in [-0.39, 0.29) is 18.3 Å². The topological polar surface area (TPSA) is 60.2 Å². The van der Waals surface area contributed by atoms with Gasteiger partial charge in [0.2, 0.25) is 0 Å². The fourth-order valence-corrected chi connectivity index (χ4v) is 4.23. The molecule has 0 spiro atoms. The van der Waals surface area contributed by atoms with Gasteiger partial charge in [0.1, 0.15) is 16.7 Å². The Morgan fingerprint density at radius 3 is 3.00 bits per heavy atom. The van der Waals surface area contributed by atoms with Crippen LogP contribution in [0.25, 0.3) is 10.9 Å². The lowest BCUT2D eigenvalue weighted by Crippen LogP contribution is -2.28. The molecule has 126 valence electrons. The molecule has 24 heavy (non-hydrogen) atoms. The lowest BCUT2D eigenvalue weighted by atomic mass is 9.95. The zero-order chi connectivity index (χ0) is 16.5. The van der Waals surface area contributed by atoms with Gasteiger partial charge in [0.15, 0.2) is 5.82 Å². The van der Waals surface area contributed by atoms with Crippen LogP contribution in [0.2, 0.25) is 0 Å². The molecule has 0 amide bonds. The highest BCUT2D eigenvalue weighted by atomic mass is 35.5. The van der Waals surface area contributed by atoms with Gasteiger partial charge in [-0.2, -0.15) is 4.37 Å². The Labute approximate surface area is 149 Å². The normalized spacial score (nSPS) is 24.5. The van der Waals surface area contributed by atoms with Gasteiger partial charge < -0.3 is 14.4 Å². The fourth-order valence-electron chi connectivity index (χ4n) is 3.31. The minimum absolute atomic E-state index is 0.0898. The van der Waals surface area contributed by atoms with E-state index in [1.165, 1.54) is 22.4 Å². The van der Waals surface area contributed by atoms with E-state index in [2.05, 4.69) is 50.5 Å². The van der Waals surface area contributed by atoms with Crippen LogP contribution in [0, 0.1) is 5.92 Å². The molecule has 7 heteroatoms. The van der Waals surface area contributed by atoms with E-state index in [4.69, 9.17) is 21.4 Å². The first kappa shape index (κ1) is 16.0. The molecule has 0 bridgehead atoms. The highest BCUT2D eigenvalue weighted by Crippen LogP contribution is 2.36. The standard InChI is InChI=1S/C17H18ClN3O2S/c18-15-8-11(7-14(23-15)17-19-16(10-22)24-20-17)9-21-6-5-12-3-1-2-4-13(12)21/h1-6,11,14-15,22H,7-10H2. The van der Waals surface area contributed by atoms with E-state index in [1.54, 1.807) is 0 Å². The summed E-state index contributed by atoms with van der Waals surface area (Å²) in [6.45, 7) is 0.807. The maximum absolute atomic E-state index is 9.16. The van der Waals surface area contributed by atoms with Gasteiger partial charge in [0.25, 0.3) is 0 Å². The number of hydrogen-bond acceptors (Lipinski definition) is 5. The first-order valence-corrected chi connectivity index (χ1v) is 9.20. The quantitative estimate of drug-likeness (QED) is 0.718. The number of aliphatic hydroxyl groups is 1. The van der Waals surface area contributed by atoms with E-state index in [9.17, 15) is 0 Å². The van der Waals surface area contributed by atoms with Gasteiger partial charge in [-0.1, -0.05) is 29.8 Å². The van der Waals surface area contributed by atoms with E-state index >= 15 is 0 Å². The number of ether oxygens (including phenoxy) is 1. The molecule has 3 heterocycles. The SMILES string of the molecule is OCc1nc(C2CC(Cn3ccc4ccccc43)CC(Cl)O2)ns1. The minimum atomic E-state index is -0.336. The van der Waals surface area contributed by atoms with Gasteiger partial charge in [-0.05, 0) is 47.8 Å². The molecule has 4 rings (SSSR count). The Bertz CT molecular complexity index is 834. The van der Waals surface area contributed by atoms with Gasteiger partial charge >= 0.3 is 0 Å². The summed E-state index contributed by atoms with van der Waals surface area (Å²) in [5, 5.41) is 11.0. The Morgan fingerprint density at radius 1 is 1.29 bits per heavy atom. The summed E-state index contributed by atoms with van der Waals surface area (Å²) in [6.07, 6.45) is 3.56. The Kier molecular flexibility index (Phi) is 4.54. The number of aliphatic hydroxyl groups excluding tert-OH is 1. The number of alkyl halides is 1. The lowest BCUT2D eigenvalue weighted by molar-refractivity contribution is -0.0403. The van der Waals surface area contributed by atoms with Crippen LogP contribution in [0.3, 0.4) is 0 Å². The van der Waals surface area contributed by atoms with Crippen LogP contribution in [0.4, 0.5) is 0 Å². The second-order valence-electron chi connectivity index (χ2n) is 6.10. The number of halogens is 1. The minimum Gasteiger partial charge on any atom is -0.389 e. The second kappa shape index (κ2) is 6.80. The van der Waals surface area contributed by atoms with Crippen LogP contribution in [-0.4, -0.2) is 24.6 Å². The number of rotatable bonds is 4. The molecule has 2 aromatic heterocycles. The van der Waals surface area contributed by atoms with Crippen molar-refractivity contribution in [2.75, 3.05) is 0 Å². The summed E-state index contributed by atoms with van der Waals surface area (Å²) in [4.78, 5) is 4.34. The summed E-state index contributed by atoms with van der Waals surface area (Å²) >= 11 is 7.54. The van der Waals surface area contributed by atoms with Crippen molar-refractivity contribution in [2.45, 2.75) is 37.7 Å². The maximum Gasteiger partial charge on any atom is 0.171 e. The van der Waals surface area contributed by atoms with E-state index < -0.39 is 0 Å². The van der Waals surface area contributed by atoms with Crippen LogP contribution in [0.15, 0.2) is 36.5 Å². The number of benzene rings is 1. The van der Waals surface area contributed by atoms with Crippen LogP contribution in [-0.2, 0) is 17.9 Å². The summed E-state index contributed by atoms with van der Waals surface area (Å²) in [5.41, 5.74) is 0.901. The van der Waals surface area contributed by atoms with Crippen molar-refractivity contribution in [3.8, 4) is 0 Å². The summed E-state index contributed by atoms with van der Waals surface area (Å²) in [6, 6.07) is 10.5. The molecule has 1 fully saturated rings. The first-order chi connectivity index (χ1) is 11.7. The van der Waals surface area contributed by atoms with Gasteiger partial charge in [-0.15, -0.1) is 0 Å². The predicted octanol–water partition coefficient (Wildman–Crippen LogP) is 3.72. The van der Waals surface area contributed by atoms with Crippen molar-refractivity contribution < 1.29 is 9.84 Å². The van der Waals surface area contributed by atoms with Crippen molar-refractivity contribution >= 4 is 34.0 Å². The highest BCUT2D eigenvalue weighted by Gasteiger charge is 2.32. The number of para-hydroxylation sites is 1. The number of nitrogens with zero attached hydrogens (tertiary/aromatic N) is 3. The van der Waals surface area contributed by atoms with Crippen LogP contribution >= 0.6 is 23.1 Å². The molecule has 0 aliphatic carbocycles. The summed E-state index contributed by atoms with van der Waals surface area (Å²) < 4.78 is 12.4. The third-order valence-electron chi connectivity index (χ3n) is 4.42. The van der Waals surface area contributed by atoms with Crippen LogP contribution in [0.1, 0.15) is 29.8 Å². The molecule has 3 unspecified atom stereocenters. The van der Waals surface area contributed by atoms with Crippen molar-refractivity contribution in [1.82, 2.24) is 13.9 Å². The van der Waals surface area contributed by atoms with Gasteiger partial charge in [-0.3, -0.25) is 0 Å². The third kappa shape index (κ3) is 3.19. The molecule has 3 atom stereocenters. The first-order valence-electron chi connectivity index (χ1n) is 7.99. The average molecular weight is 364 g/mol. The predicted molar refractivity (Wildman–Crippen MR) is 94.0 cm³/mol. The number of aromatic nitrogens is 3. The van der Waals surface area contributed by atoms with Gasteiger partial charge in [-0.25, -0.2) is 4.98 Å². The highest BCUT2D eigenvalue weighted by molar-refractivity contribution is 7.05. The summed E-state index contributed by atoms with van der Waals surface area (Å²) in [5.74, 6) is 1.03. The molecular weight excluding hydrogens is 346 g/mol. The van der Waals surface area contributed by atoms with Gasteiger partial charge in [0.05, 0.1) is 6.61 Å². The Morgan fingerprint density at radius 2 is 2.17 bits per heavy atom. The third-order valence-corrected chi connectivity index (χ3v) is 5.41. The van der Waals surface area contributed by atoms with E-state index in [1.807, 2.05) is 0 Å². The van der Waals surface area contributed by atoms with Gasteiger partial charge in [0, 0.05) is 18.3 Å². The second-order valence-corrected chi connectivity index (χ2v) is 7.43. The summed E-state index contributed by atoms with van der Waals surface area (Å²) in [7, 11) is 0. The molecule has 0 radical (unpaired) electrons. The van der Waals surface area contributed by atoms with Crippen molar-refractivity contribution in [2.24, 2.45) is 5.92 Å². The smallest absolute Gasteiger partial charge is 0.171 e. The Hall–Kier alpha value is -1.47. The molecule has 0 saturated carbocycles. The maximum atomic E-state index is 9.16. The van der Waals surface area contributed by atoms with Crippen LogP contribution < -0.4 is 0 Å². The fraction of sp³-hybridized carbons (Fsp3) is 0.412. The molecule has 1 N–H and O–H groups in total. The molecule has 1 aliphatic rings. The largest absolute Gasteiger partial charge is 0.389 e. The number of hydrogen-bond donors (Lipinski definition) is 1. The Balaban J connectivity index is 1.52. The molecule has 1 aromatic carbocycles. The molecule has 5 nitrogen and oxygen atoms in total. The lowest BCUT2D eigenvalue weighted by Gasteiger charge is -2.31. The van der Waals surface area contributed by atoms with Crippen molar-refractivity contribution in [3.63, 3.8) is 0 Å². The number of fused-ring (bicyclic) bond motifs is 1. The zero-order valence-corrected chi connectivity index (χ0v) is 14.6. The van der Waals surface area contributed by atoms with Crippen LogP contribution in [0.5, 0.6) is 0 Å². The molecule has 1 aliphatic heterocycles. The molecule has 1 saturated heterocycles.